The molecular weight excluding hydrogens is 427 g/mol. The summed E-state index contributed by atoms with van der Waals surface area (Å²) < 4.78 is 52.9. The van der Waals surface area contributed by atoms with Crippen molar-refractivity contribution in [3.05, 3.63) is 41.0 Å². The van der Waals surface area contributed by atoms with Crippen LogP contribution >= 0.6 is 0 Å². The van der Waals surface area contributed by atoms with Crippen molar-refractivity contribution in [3.63, 3.8) is 0 Å². The van der Waals surface area contributed by atoms with E-state index in [0.717, 1.165) is 17.7 Å². The molecule has 0 aromatic heterocycles. The first-order valence-corrected chi connectivity index (χ1v) is 10.2. The zero-order chi connectivity index (χ0) is 23.1. The number of benzene rings is 1. The van der Waals surface area contributed by atoms with Gasteiger partial charge in [0.25, 0.3) is 0 Å². The predicted octanol–water partition coefficient (Wildman–Crippen LogP) is 2.51. The van der Waals surface area contributed by atoms with Crippen LogP contribution in [-0.2, 0) is 25.2 Å². The molecule has 1 aromatic rings. The van der Waals surface area contributed by atoms with Gasteiger partial charge in [0.2, 0.25) is 11.8 Å². The van der Waals surface area contributed by atoms with E-state index in [-0.39, 0.29) is 24.1 Å². The molecular formula is C22H20F3N3O4. The molecule has 10 heteroatoms. The molecule has 4 aliphatic rings. The molecule has 168 valence electrons. The number of anilines is 1. The van der Waals surface area contributed by atoms with Gasteiger partial charge < -0.3 is 14.8 Å². The lowest BCUT2D eigenvalue weighted by atomic mass is 9.64. The van der Waals surface area contributed by atoms with Gasteiger partial charge in [0, 0.05) is 31.7 Å². The molecule has 5 atom stereocenters. The van der Waals surface area contributed by atoms with E-state index in [1.165, 1.54) is 24.1 Å². The monoisotopic (exact) mass is 447 g/mol. The number of fused-ring (bicyclic) bond motifs is 2. The molecule has 0 saturated carbocycles. The summed E-state index contributed by atoms with van der Waals surface area (Å²) in [5.74, 6) is -1.72. The van der Waals surface area contributed by atoms with Gasteiger partial charge in [-0.25, -0.2) is 0 Å². The lowest BCUT2D eigenvalue weighted by Crippen LogP contribution is -2.52. The fraction of sp³-hybridized carbons (Fsp3) is 0.500. The van der Waals surface area contributed by atoms with Crippen LogP contribution in [0.1, 0.15) is 30.9 Å². The highest BCUT2D eigenvalue weighted by molar-refractivity contribution is 6.00. The molecule has 0 radical (unpaired) electrons. The maximum atomic E-state index is 13.5. The van der Waals surface area contributed by atoms with Crippen LogP contribution in [-0.4, -0.2) is 42.9 Å². The highest BCUT2D eigenvalue weighted by Crippen LogP contribution is 2.67. The van der Waals surface area contributed by atoms with Crippen LogP contribution in [0.5, 0.6) is 0 Å². The number of nitrogens with zero attached hydrogens (tertiary/aromatic N) is 2. The van der Waals surface area contributed by atoms with E-state index in [1.807, 2.05) is 0 Å². The maximum Gasteiger partial charge on any atom is 0.417 e. The molecule has 5 rings (SSSR count). The van der Waals surface area contributed by atoms with Gasteiger partial charge in [-0.3, -0.25) is 14.5 Å². The number of alkyl halides is 3. The van der Waals surface area contributed by atoms with E-state index in [1.54, 1.807) is 13.0 Å². The van der Waals surface area contributed by atoms with E-state index in [2.05, 4.69) is 5.32 Å². The molecule has 2 amide bonds. The minimum atomic E-state index is -4.74. The first-order valence-electron chi connectivity index (χ1n) is 10.2. The Morgan fingerprint density at radius 3 is 2.81 bits per heavy atom. The van der Waals surface area contributed by atoms with Crippen molar-refractivity contribution in [1.29, 1.82) is 5.26 Å². The molecule has 1 spiro atoms. The van der Waals surface area contributed by atoms with Gasteiger partial charge in [-0.15, -0.1) is 0 Å². The number of carbonyl (C=O) groups is 2. The lowest BCUT2D eigenvalue weighted by molar-refractivity contribution is -0.138. The first kappa shape index (κ1) is 21.0. The third-order valence-corrected chi connectivity index (χ3v) is 7.14. The number of ether oxygens (including phenoxy) is 2. The Hall–Kier alpha value is -2.90. The maximum absolute atomic E-state index is 13.5. The number of likely N-dealkylation sites (N-methyl/N-ethyl adjacent to an activating group) is 1. The molecule has 4 saturated heterocycles. The van der Waals surface area contributed by atoms with Crippen molar-refractivity contribution in [2.24, 2.45) is 11.8 Å². The van der Waals surface area contributed by atoms with Crippen molar-refractivity contribution >= 4 is 17.5 Å². The van der Waals surface area contributed by atoms with Crippen LogP contribution in [0.25, 0.3) is 0 Å². The molecule has 0 unspecified atom stereocenters. The molecule has 32 heavy (non-hydrogen) atoms. The lowest BCUT2D eigenvalue weighted by Gasteiger charge is -2.43. The third kappa shape index (κ3) is 2.61. The SMILES string of the molecule is CNC(=O)/C=C1\C[C@@]2(C)O[C@@]13CCO[C@H]1[C@@H]3[C@@H]2C(=O)N1c1ccc(C#N)c(C(F)(F)F)c1. The molecule has 4 heterocycles. The second-order valence-corrected chi connectivity index (χ2v) is 8.83. The summed E-state index contributed by atoms with van der Waals surface area (Å²) in [4.78, 5) is 26.9. The van der Waals surface area contributed by atoms with Crippen LogP contribution in [0, 0.1) is 23.2 Å². The summed E-state index contributed by atoms with van der Waals surface area (Å²) in [5, 5.41) is 11.6. The average Bonchev–Trinajstić information content (AvgIpc) is 3.30. The van der Waals surface area contributed by atoms with E-state index in [9.17, 15) is 22.8 Å². The van der Waals surface area contributed by atoms with Crippen molar-refractivity contribution in [3.8, 4) is 6.07 Å². The molecule has 0 aliphatic carbocycles. The second-order valence-electron chi connectivity index (χ2n) is 8.83. The number of carbonyl (C=O) groups excluding carboxylic acids is 2. The van der Waals surface area contributed by atoms with Crippen molar-refractivity contribution in [1.82, 2.24) is 5.32 Å². The quantitative estimate of drug-likeness (QED) is 0.704. The minimum absolute atomic E-state index is 0.0256. The summed E-state index contributed by atoms with van der Waals surface area (Å²) in [5.41, 5.74) is -2.57. The van der Waals surface area contributed by atoms with Gasteiger partial charge in [0.15, 0.2) is 0 Å². The number of hydrogen-bond donors (Lipinski definition) is 1. The summed E-state index contributed by atoms with van der Waals surface area (Å²) in [6.45, 7) is 2.03. The molecule has 2 bridgehead atoms. The molecule has 1 aromatic carbocycles. The Balaban J connectivity index is 1.61. The molecule has 4 fully saturated rings. The number of hydrogen-bond acceptors (Lipinski definition) is 5. The summed E-state index contributed by atoms with van der Waals surface area (Å²) in [6, 6.07) is 4.79. The topological polar surface area (TPSA) is 91.7 Å². The van der Waals surface area contributed by atoms with Crippen molar-refractivity contribution in [2.75, 3.05) is 18.6 Å². The molecule has 1 N–H and O–H groups in total. The highest BCUT2D eigenvalue weighted by Gasteiger charge is 2.76. The Labute approximate surface area is 181 Å². The smallest absolute Gasteiger partial charge is 0.363 e. The number of nitriles is 1. The van der Waals surface area contributed by atoms with Gasteiger partial charge in [0.1, 0.15) is 11.8 Å². The van der Waals surface area contributed by atoms with E-state index in [0.29, 0.717) is 12.8 Å². The molecule has 7 nitrogen and oxygen atoms in total. The van der Waals surface area contributed by atoms with Gasteiger partial charge in [-0.1, -0.05) is 0 Å². The van der Waals surface area contributed by atoms with Gasteiger partial charge in [-0.05, 0) is 30.7 Å². The fourth-order valence-corrected chi connectivity index (χ4v) is 5.98. The fourth-order valence-electron chi connectivity index (χ4n) is 5.98. The van der Waals surface area contributed by atoms with E-state index >= 15 is 0 Å². The Morgan fingerprint density at radius 2 is 2.16 bits per heavy atom. The van der Waals surface area contributed by atoms with E-state index in [4.69, 9.17) is 14.7 Å². The van der Waals surface area contributed by atoms with Crippen LogP contribution in [0.2, 0.25) is 0 Å². The second kappa shape index (κ2) is 6.56. The summed E-state index contributed by atoms with van der Waals surface area (Å²) >= 11 is 0. The van der Waals surface area contributed by atoms with E-state index < -0.39 is 46.6 Å². The highest BCUT2D eigenvalue weighted by atomic mass is 19.4. The Bertz CT molecular complexity index is 1110. The molecule has 4 aliphatic heterocycles. The van der Waals surface area contributed by atoms with Crippen LogP contribution in [0.3, 0.4) is 0 Å². The van der Waals surface area contributed by atoms with Crippen LogP contribution in [0.4, 0.5) is 18.9 Å². The average molecular weight is 447 g/mol. The first-order chi connectivity index (χ1) is 15.1. The zero-order valence-electron chi connectivity index (χ0n) is 17.3. The number of nitrogens with one attached hydrogen (secondary N) is 1. The van der Waals surface area contributed by atoms with Crippen molar-refractivity contribution < 1.29 is 32.2 Å². The predicted molar refractivity (Wildman–Crippen MR) is 104 cm³/mol. The van der Waals surface area contributed by atoms with Gasteiger partial charge in [0.05, 0.1) is 41.2 Å². The Kier molecular flexibility index (Phi) is 4.30. The number of halogens is 3. The Morgan fingerprint density at radius 1 is 1.41 bits per heavy atom. The third-order valence-electron chi connectivity index (χ3n) is 7.14. The summed E-state index contributed by atoms with van der Waals surface area (Å²) in [6.07, 6.45) is -3.24. The van der Waals surface area contributed by atoms with Crippen molar-refractivity contribution in [2.45, 2.75) is 43.4 Å². The van der Waals surface area contributed by atoms with Gasteiger partial charge >= 0.3 is 6.18 Å². The standard InChI is InChI=1S/C22H20F3N3O4/c1-20-9-12(7-15(29)27-2)21(32-20)5-6-31-19-17(21)16(20)18(30)28(19)13-4-3-11(10-26)14(8-13)22(23,24)25/h3-4,7-8,16-17,19H,5-6,9H2,1-2H3,(H,27,29)/b12-7+/t16-,17+,19+,20-,21+/m1/s1. The largest absolute Gasteiger partial charge is 0.417 e. The number of amides is 2. The van der Waals surface area contributed by atoms with Crippen LogP contribution < -0.4 is 10.2 Å². The minimum Gasteiger partial charge on any atom is -0.363 e. The van der Waals surface area contributed by atoms with Crippen LogP contribution in [0.15, 0.2) is 29.8 Å². The normalized spacial score (nSPS) is 36.4. The van der Waals surface area contributed by atoms with Gasteiger partial charge in [-0.2, -0.15) is 18.4 Å². The zero-order valence-corrected chi connectivity index (χ0v) is 17.3. The number of rotatable bonds is 2. The summed E-state index contributed by atoms with van der Waals surface area (Å²) in [7, 11) is 1.52.